The molecule has 4 rings (SSSR count). The van der Waals surface area contributed by atoms with Gasteiger partial charge in [0, 0.05) is 22.1 Å². The van der Waals surface area contributed by atoms with Crippen LogP contribution in [0.25, 0.3) is 15.9 Å². The molecule has 0 spiro atoms. The molecule has 2 heterocycles. The number of thioether (sulfide) groups is 1. The lowest BCUT2D eigenvalue weighted by molar-refractivity contribution is -0.116. The minimum absolute atomic E-state index is 0.0213. The van der Waals surface area contributed by atoms with Gasteiger partial charge in [-0.25, -0.2) is 4.98 Å². The maximum Gasteiger partial charge on any atom is 0.267 e. The van der Waals surface area contributed by atoms with E-state index in [2.05, 4.69) is 0 Å². The van der Waals surface area contributed by atoms with Gasteiger partial charge in [0.1, 0.15) is 10.6 Å². The second-order valence-electron chi connectivity index (χ2n) is 6.70. The molecule has 0 radical (unpaired) electrons. The van der Waals surface area contributed by atoms with E-state index in [0.29, 0.717) is 22.4 Å². The van der Waals surface area contributed by atoms with Crippen molar-refractivity contribution in [1.82, 2.24) is 9.55 Å². The third-order valence-corrected chi connectivity index (χ3v) is 7.11. The first-order chi connectivity index (χ1) is 13.0. The molecule has 0 saturated carbocycles. The van der Waals surface area contributed by atoms with E-state index in [1.165, 1.54) is 28.6 Å². The number of fused-ring (bicyclic) bond motifs is 3. The Bertz CT molecular complexity index is 1070. The number of halogens is 1. The highest BCUT2D eigenvalue weighted by Gasteiger charge is 2.22. The molecule has 1 aliphatic rings. The number of thiophene rings is 1. The van der Waals surface area contributed by atoms with Gasteiger partial charge in [-0.05, 0) is 62.4 Å². The van der Waals surface area contributed by atoms with Crippen molar-refractivity contribution in [3.05, 3.63) is 50.1 Å². The van der Waals surface area contributed by atoms with Gasteiger partial charge >= 0.3 is 0 Å². The summed E-state index contributed by atoms with van der Waals surface area (Å²) in [6.07, 6.45) is 4.73. The first-order valence-corrected chi connectivity index (χ1v) is 11.2. The number of hydrogen-bond donors (Lipinski definition) is 0. The Morgan fingerprint density at radius 2 is 2.00 bits per heavy atom. The maximum atomic E-state index is 13.5. The summed E-state index contributed by atoms with van der Waals surface area (Å²) in [5.41, 5.74) is 1.91. The van der Waals surface area contributed by atoms with Crippen molar-refractivity contribution >= 4 is 50.7 Å². The molecule has 0 amide bonds. The summed E-state index contributed by atoms with van der Waals surface area (Å²) in [7, 11) is 0. The van der Waals surface area contributed by atoms with Crippen molar-refractivity contribution in [3.8, 4) is 5.69 Å². The highest BCUT2D eigenvalue weighted by Crippen LogP contribution is 2.35. The fourth-order valence-corrected chi connectivity index (χ4v) is 5.87. The smallest absolute Gasteiger partial charge is 0.267 e. The van der Waals surface area contributed by atoms with Gasteiger partial charge in [-0.3, -0.25) is 14.2 Å². The van der Waals surface area contributed by atoms with E-state index in [1.807, 2.05) is 12.1 Å². The van der Waals surface area contributed by atoms with Crippen molar-refractivity contribution in [2.24, 2.45) is 0 Å². The fourth-order valence-electron chi connectivity index (χ4n) is 3.39. The molecule has 2 aromatic heterocycles. The Labute approximate surface area is 170 Å². The van der Waals surface area contributed by atoms with Gasteiger partial charge in [0.15, 0.2) is 5.16 Å². The van der Waals surface area contributed by atoms with Crippen molar-refractivity contribution in [1.29, 1.82) is 0 Å². The van der Waals surface area contributed by atoms with E-state index in [4.69, 9.17) is 16.6 Å². The topological polar surface area (TPSA) is 52.0 Å². The van der Waals surface area contributed by atoms with Crippen molar-refractivity contribution in [2.45, 2.75) is 44.2 Å². The first-order valence-electron chi connectivity index (χ1n) is 9.00. The van der Waals surface area contributed by atoms with Crippen LogP contribution >= 0.6 is 34.7 Å². The zero-order valence-corrected chi connectivity index (χ0v) is 17.3. The molecular weight excluding hydrogens is 400 g/mol. The molecule has 0 atom stereocenters. The first kappa shape index (κ1) is 18.7. The minimum atomic E-state index is -0.0213. The Morgan fingerprint density at radius 1 is 1.26 bits per heavy atom. The number of hydrogen-bond acceptors (Lipinski definition) is 5. The summed E-state index contributed by atoms with van der Waals surface area (Å²) in [5.74, 6) is 0.738. The van der Waals surface area contributed by atoms with Crippen LogP contribution in [0.1, 0.15) is 36.6 Å². The molecule has 7 heteroatoms. The second-order valence-corrected chi connectivity index (χ2v) is 9.29. The number of aromatic nitrogens is 2. The number of carbonyl (C=O) groups is 1. The summed E-state index contributed by atoms with van der Waals surface area (Å²) >= 11 is 9.13. The number of ketones is 1. The van der Waals surface area contributed by atoms with Crippen LogP contribution in [0.4, 0.5) is 0 Å². The molecule has 0 saturated heterocycles. The predicted molar refractivity (Wildman–Crippen MR) is 113 cm³/mol. The Balaban J connectivity index is 1.90. The summed E-state index contributed by atoms with van der Waals surface area (Å²) < 4.78 is 1.67. The van der Waals surface area contributed by atoms with E-state index >= 15 is 0 Å². The van der Waals surface area contributed by atoms with Crippen LogP contribution < -0.4 is 5.56 Å². The van der Waals surface area contributed by atoms with Gasteiger partial charge in [0.2, 0.25) is 0 Å². The van der Waals surface area contributed by atoms with E-state index in [0.717, 1.165) is 35.2 Å². The molecule has 0 unspecified atom stereocenters. The van der Waals surface area contributed by atoms with Crippen LogP contribution in [-0.2, 0) is 17.6 Å². The van der Waals surface area contributed by atoms with E-state index in [-0.39, 0.29) is 11.3 Å². The fraction of sp³-hybridized carbons (Fsp3) is 0.350. The molecule has 27 heavy (non-hydrogen) atoms. The van der Waals surface area contributed by atoms with Gasteiger partial charge in [-0.15, -0.1) is 11.3 Å². The second kappa shape index (κ2) is 7.78. The molecule has 0 aliphatic heterocycles. The highest BCUT2D eigenvalue weighted by atomic mass is 35.5. The summed E-state index contributed by atoms with van der Waals surface area (Å²) in [5, 5.41) is 2.02. The summed E-state index contributed by atoms with van der Waals surface area (Å²) in [4.78, 5) is 31.8. The standard InChI is InChI=1S/C20H19ClN2O2S2/c1-12(24)10-11-26-20-22-18-17(15-4-2-3-5-16(15)27-18)19(25)23(20)14-8-6-13(21)7-9-14/h6-9H,2-5,10-11H2,1H3. The monoisotopic (exact) mass is 418 g/mol. The molecular formula is C20H19ClN2O2S2. The quantitative estimate of drug-likeness (QED) is 0.429. The Morgan fingerprint density at radius 3 is 2.74 bits per heavy atom. The zero-order chi connectivity index (χ0) is 19.0. The molecule has 3 aromatic rings. The zero-order valence-electron chi connectivity index (χ0n) is 15.0. The molecule has 140 valence electrons. The molecule has 0 bridgehead atoms. The minimum Gasteiger partial charge on any atom is -0.300 e. The van der Waals surface area contributed by atoms with E-state index in [1.54, 1.807) is 35.0 Å². The molecule has 1 aromatic carbocycles. The van der Waals surface area contributed by atoms with Crippen LogP contribution in [0.15, 0.2) is 34.2 Å². The van der Waals surface area contributed by atoms with Crippen LogP contribution in [0.3, 0.4) is 0 Å². The molecule has 1 aliphatic carbocycles. The number of carbonyl (C=O) groups excluding carboxylic acids is 1. The number of Topliss-reactive ketones (excluding diaryl/α,β-unsaturated/α-hetero) is 1. The summed E-state index contributed by atoms with van der Waals surface area (Å²) in [6, 6.07) is 7.23. The van der Waals surface area contributed by atoms with Crippen LogP contribution in [0.5, 0.6) is 0 Å². The maximum absolute atomic E-state index is 13.5. The number of rotatable bonds is 5. The Kier molecular flexibility index (Phi) is 5.39. The van der Waals surface area contributed by atoms with Crippen molar-refractivity contribution in [3.63, 3.8) is 0 Å². The molecule has 4 nitrogen and oxygen atoms in total. The highest BCUT2D eigenvalue weighted by molar-refractivity contribution is 7.99. The van der Waals surface area contributed by atoms with E-state index in [9.17, 15) is 9.59 Å². The normalized spacial score (nSPS) is 13.7. The number of nitrogens with zero attached hydrogens (tertiary/aromatic N) is 2. The lowest BCUT2D eigenvalue weighted by Crippen LogP contribution is -2.22. The van der Waals surface area contributed by atoms with Gasteiger partial charge < -0.3 is 0 Å². The van der Waals surface area contributed by atoms with E-state index < -0.39 is 0 Å². The van der Waals surface area contributed by atoms with Gasteiger partial charge in [0.05, 0.1) is 11.1 Å². The van der Waals surface area contributed by atoms with Crippen LogP contribution in [-0.4, -0.2) is 21.1 Å². The lowest BCUT2D eigenvalue weighted by Gasteiger charge is -2.13. The molecule has 0 N–H and O–H groups in total. The summed E-state index contributed by atoms with van der Waals surface area (Å²) in [6.45, 7) is 1.58. The van der Waals surface area contributed by atoms with Crippen LogP contribution in [0.2, 0.25) is 5.02 Å². The SMILES string of the molecule is CC(=O)CCSc1nc2sc3c(c2c(=O)n1-c1ccc(Cl)cc1)CCCC3. The number of benzene rings is 1. The lowest BCUT2D eigenvalue weighted by atomic mass is 9.97. The largest absolute Gasteiger partial charge is 0.300 e. The Hall–Kier alpha value is -1.63. The van der Waals surface area contributed by atoms with Gasteiger partial charge in [-0.2, -0.15) is 0 Å². The predicted octanol–water partition coefficient (Wildman–Crippen LogP) is 5.05. The van der Waals surface area contributed by atoms with Gasteiger partial charge in [-0.1, -0.05) is 23.4 Å². The van der Waals surface area contributed by atoms with Crippen molar-refractivity contribution < 1.29 is 4.79 Å². The average Bonchev–Trinajstić information content (AvgIpc) is 3.01. The average molecular weight is 419 g/mol. The molecule has 0 fully saturated rings. The number of aryl methyl sites for hydroxylation is 2. The third-order valence-electron chi connectivity index (χ3n) is 4.73. The van der Waals surface area contributed by atoms with Gasteiger partial charge in [0.25, 0.3) is 5.56 Å². The van der Waals surface area contributed by atoms with Crippen LogP contribution in [0, 0.1) is 0 Å². The third kappa shape index (κ3) is 3.71. The van der Waals surface area contributed by atoms with Crippen molar-refractivity contribution in [2.75, 3.05) is 5.75 Å².